The van der Waals surface area contributed by atoms with Gasteiger partial charge in [0.1, 0.15) is 5.01 Å². The van der Waals surface area contributed by atoms with Crippen LogP contribution in [0.1, 0.15) is 41.7 Å². The number of carbonyl (C=O) groups is 1. The van der Waals surface area contributed by atoms with Crippen molar-refractivity contribution in [3.63, 3.8) is 0 Å². The maximum absolute atomic E-state index is 12.4. The number of carbonyl (C=O) groups excluding carboxylic acids is 1. The van der Waals surface area contributed by atoms with E-state index in [1.54, 1.807) is 40.7 Å². The summed E-state index contributed by atoms with van der Waals surface area (Å²) in [4.78, 5) is 12.5. The van der Waals surface area contributed by atoms with Crippen molar-refractivity contribution in [3.05, 3.63) is 34.3 Å². The minimum absolute atomic E-state index is 0.0432. The van der Waals surface area contributed by atoms with Gasteiger partial charge < -0.3 is 0 Å². The van der Waals surface area contributed by atoms with Crippen molar-refractivity contribution in [2.45, 2.75) is 45.1 Å². The molecular formula is C15H20N4O3S2. The Morgan fingerprint density at radius 1 is 1.17 bits per heavy atom. The third kappa shape index (κ3) is 4.59. The molecule has 2 aromatic rings. The van der Waals surface area contributed by atoms with Crippen molar-refractivity contribution in [3.8, 4) is 0 Å². The zero-order valence-electron chi connectivity index (χ0n) is 14.2. The SMILES string of the molecule is Cc1nnc(NC(=O)c2cc(S(=O)(=O)NC(C)(C)C)ccc2C)s1. The molecule has 0 aliphatic carbocycles. The van der Waals surface area contributed by atoms with Crippen molar-refractivity contribution in [2.75, 3.05) is 5.32 Å². The molecule has 0 fully saturated rings. The molecule has 1 heterocycles. The van der Waals surface area contributed by atoms with E-state index in [0.29, 0.717) is 10.7 Å². The summed E-state index contributed by atoms with van der Waals surface area (Å²) in [5.41, 5.74) is 0.332. The van der Waals surface area contributed by atoms with E-state index in [9.17, 15) is 13.2 Å². The third-order valence-electron chi connectivity index (χ3n) is 2.95. The third-order valence-corrected chi connectivity index (χ3v) is 5.46. The van der Waals surface area contributed by atoms with E-state index >= 15 is 0 Å². The first-order valence-electron chi connectivity index (χ1n) is 7.24. The van der Waals surface area contributed by atoms with Crippen LogP contribution < -0.4 is 10.0 Å². The lowest BCUT2D eigenvalue weighted by Crippen LogP contribution is -2.40. The van der Waals surface area contributed by atoms with E-state index in [1.165, 1.54) is 23.5 Å². The molecule has 1 aromatic carbocycles. The van der Waals surface area contributed by atoms with Gasteiger partial charge in [0.15, 0.2) is 0 Å². The lowest BCUT2D eigenvalue weighted by atomic mass is 10.1. The topological polar surface area (TPSA) is 101 Å². The van der Waals surface area contributed by atoms with Gasteiger partial charge in [0, 0.05) is 11.1 Å². The van der Waals surface area contributed by atoms with Gasteiger partial charge in [0.2, 0.25) is 15.2 Å². The highest BCUT2D eigenvalue weighted by atomic mass is 32.2. The number of aryl methyl sites for hydroxylation is 2. The Balaban J connectivity index is 2.33. The summed E-state index contributed by atoms with van der Waals surface area (Å²) in [5.74, 6) is -0.420. The van der Waals surface area contributed by atoms with E-state index < -0.39 is 21.5 Å². The molecule has 130 valence electrons. The summed E-state index contributed by atoms with van der Waals surface area (Å²) in [6.45, 7) is 8.79. The monoisotopic (exact) mass is 368 g/mol. The minimum atomic E-state index is -3.71. The molecule has 0 aliphatic rings. The van der Waals surface area contributed by atoms with Gasteiger partial charge in [-0.1, -0.05) is 17.4 Å². The van der Waals surface area contributed by atoms with Gasteiger partial charge in [-0.25, -0.2) is 13.1 Å². The minimum Gasteiger partial charge on any atom is -0.296 e. The van der Waals surface area contributed by atoms with Gasteiger partial charge >= 0.3 is 0 Å². The van der Waals surface area contributed by atoms with Gasteiger partial charge in [-0.15, -0.1) is 10.2 Å². The molecule has 0 aliphatic heterocycles. The summed E-state index contributed by atoms with van der Waals surface area (Å²) < 4.78 is 27.4. The number of nitrogens with zero attached hydrogens (tertiary/aromatic N) is 2. The van der Waals surface area contributed by atoms with Crippen molar-refractivity contribution in [2.24, 2.45) is 0 Å². The Labute approximate surface area is 145 Å². The Morgan fingerprint density at radius 2 is 1.83 bits per heavy atom. The number of benzene rings is 1. The number of rotatable bonds is 4. The van der Waals surface area contributed by atoms with Crippen molar-refractivity contribution in [1.82, 2.24) is 14.9 Å². The van der Waals surface area contributed by atoms with Crippen LogP contribution in [0.4, 0.5) is 5.13 Å². The fourth-order valence-electron chi connectivity index (χ4n) is 1.99. The standard InChI is InChI=1S/C15H20N4O3S2/c1-9-6-7-11(24(21,22)19-15(3,4)5)8-12(9)13(20)16-14-18-17-10(2)23-14/h6-8,19H,1-5H3,(H,16,18,20). The van der Waals surface area contributed by atoms with Crippen LogP contribution in [0.3, 0.4) is 0 Å². The summed E-state index contributed by atoms with van der Waals surface area (Å²) >= 11 is 1.25. The second-order valence-corrected chi connectivity index (χ2v) is 9.28. The van der Waals surface area contributed by atoms with Gasteiger partial charge in [0.05, 0.1) is 4.90 Å². The predicted molar refractivity (Wildman–Crippen MR) is 93.9 cm³/mol. The van der Waals surface area contributed by atoms with Crippen LogP contribution >= 0.6 is 11.3 Å². The molecule has 0 unspecified atom stereocenters. The van der Waals surface area contributed by atoms with Crippen LogP contribution in [-0.2, 0) is 10.0 Å². The highest BCUT2D eigenvalue weighted by Crippen LogP contribution is 2.20. The lowest BCUT2D eigenvalue weighted by molar-refractivity contribution is 0.102. The maximum atomic E-state index is 12.4. The predicted octanol–water partition coefficient (Wildman–Crippen LogP) is 2.48. The van der Waals surface area contributed by atoms with Crippen LogP contribution in [0.25, 0.3) is 0 Å². The molecule has 0 saturated carbocycles. The van der Waals surface area contributed by atoms with E-state index in [2.05, 4.69) is 20.2 Å². The molecule has 0 spiro atoms. The molecule has 2 N–H and O–H groups in total. The van der Waals surface area contributed by atoms with Crippen LogP contribution in [-0.4, -0.2) is 30.1 Å². The zero-order chi connectivity index (χ0) is 18.1. The van der Waals surface area contributed by atoms with Crippen LogP contribution in [0.2, 0.25) is 0 Å². The van der Waals surface area contributed by atoms with Crippen LogP contribution in [0.5, 0.6) is 0 Å². The number of hydrogen-bond donors (Lipinski definition) is 2. The smallest absolute Gasteiger partial charge is 0.257 e. The molecule has 2 rings (SSSR count). The Morgan fingerprint density at radius 3 is 2.38 bits per heavy atom. The average molecular weight is 368 g/mol. The van der Waals surface area contributed by atoms with E-state index in [0.717, 1.165) is 5.01 Å². The van der Waals surface area contributed by atoms with Gasteiger partial charge in [0.25, 0.3) is 5.91 Å². The molecule has 7 nitrogen and oxygen atoms in total. The van der Waals surface area contributed by atoms with E-state index in [1.807, 2.05) is 0 Å². The van der Waals surface area contributed by atoms with Crippen LogP contribution in [0, 0.1) is 13.8 Å². The first-order chi connectivity index (χ1) is 11.0. The highest BCUT2D eigenvalue weighted by Gasteiger charge is 2.23. The molecule has 0 saturated heterocycles. The number of hydrogen-bond acceptors (Lipinski definition) is 6. The fourth-order valence-corrected chi connectivity index (χ4v) is 4.02. The lowest BCUT2D eigenvalue weighted by Gasteiger charge is -2.20. The summed E-state index contributed by atoms with van der Waals surface area (Å²) in [6, 6.07) is 4.46. The maximum Gasteiger partial charge on any atom is 0.257 e. The molecule has 24 heavy (non-hydrogen) atoms. The number of anilines is 1. The Hall–Kier alpha value is -1.84. The van der Waals surface area contributed by atoms with E-state index in [4.69, 9.17) is 0 Å². The molecule has 0 bridgehead atoms. The quantitative estimate of drug-likeness (QED) is 0.863. The number of amides is 1. The molecule has 1 amide bonds. The largest absolute Gasteiger partial charge is 0.296 e. The van der Waals surface area contributed by atoms with Gasteiger partial charge in [-0.3, -0.25) is 10.1 Å². The number of nitrogens with one attached hydrogen (secondary N) is 2. The van der Waals surface area contributed by atoms with Crippen molar-refractivity contribution in [1.29, 1.82) is 0 Å². The normalized spacial score (nSPS) is 12.2. The fraction of sp³-hybridized carbons (Fsp3) is 0.400. The first-order valence-corrected chi connectivity index (χ1v) is 9.54. The summed E-state index contributed by atoms with van der Waals surface area (Å²) in [5, 5.41) is 11.4. The van der Waals surface area contributed by atoms with Crippen molar-refractivity contribution >= 4 is 32.4 Å². The highest BCUT2D eigenvalue weighted by molar-refractivity contribution is 7.89. The molecule has 0 radical (unpaired) electrons. The first kappa shape index (κ1) is 18.5. The molecule has 0 atom stereocenters. The summed E-state index contributed by atoms with van der Waals surface area (Å²) in [6.07, 6.45) is 0. The number of aromatic nitrogens is 2. The van der Waals surface area contributed by atoms with Gasteiger partial charge in [-0.05, 0) is 52.3 Å². The summed E-state index contributed by atoms with van der Waals surface area (Å²) in [7, 11) is -3.71. The second kappa shape index (κ2) is 6.58. The van der Waals surface area contributed by atoms with Crippen LogP contribution in [0.15, 0.2) is 23.1 Å². The average Bonchev–Trinajstić information content (AvgIpc) is 2.81. The molecule has 9 heteroatoms. The molecular weight excluding hydrogens is 348 g/mol. The molecule has 1 aromatic heterocycles. The Bertz CT molecular complexity index is 867. The zero-order valence-corrected chi connectivity index (χ0v) is 15.8. The second-order valence-electron chi connectivity index (χ2n) is 6.41. The van der Waals surface area contributed by atoms with E-state index in [-0.39, 0.29) is 10.5 Å². The van der Waals surface area contributed by atoms with Crippen molar-refractivity contribution < 1.29 is 13.2 Å². The van der Waals surface area contributed by atoms with Gasteiger partial charge in [-0.2, -0.15) is 0 Å². The Kier molecular flexibility index (Phi) is 5.07. The number of sulfonamides is 1.